The Morgan fingerprint density at radius 1 is 1.35 bits per heavy atom. The number of alkyl halides is 4. The van der Waals surface area contributed by atoms with Crippen LogP contribution in [0.15, 0.2) is 24.3 Å². The molecule has 1 N–H and O–H groups in total. The average Bonchev–Trinajstić information content (AvgIpc) is 2.48. The predicted molar refractivity (Wildman–Crippen MR) is 79.3 cm³/mol. The number of amides is 1. The number of carbonyl (C=O) groups excluding carboxylic acids is 2. The second-order valence-corrected chi connectivity index (χ2v) is 5.09. The Bertz CT molecular complexity index is 549. The van der Waals surface area contributed by atoms with E-state index in [9.17, 15) is 22.8 Å². The molecule has 0 bridgehead atoms. The van der Waals surface area contributed by atoms with E-state index in [2.05, 4.69) is 10.1 Å². The molecule has 1 aromatic rings. The number of Topliss-reactive ketones (excluding diaryl/α,β-unsaturated/α-hetero) is 1. The molecule has 4 nitrogen and oxygen atoms in total. The maximum atomic E-state index is 12.3. The molecular formula is C15H17ClF3NO3. The third kappa shape index (κ3) is 6.90. The minimum Gasteiger partial charge on any atom is -0.406 e. The molecule has 1 unspecified atom stereocenters. The highest BCUT2D eigenvalue weighted by Crippen LogP contribution is 2.26. The summed E-state index contributed by atoms with van der Waals surface area (Å²) in [5, 5.41) is 2.42. The van der Waals surface area contributed by atoms with Crippen molar-refractivity contribution in [1.82, 2.24) is 5.32 Å². The molecule has 1 aromatic carbocycles. The fourth-order valence-electron chi connectivity index (χ4n) is 1.94. The summed E-state index contributed by atoms with van der Waals surface area (Å²) in [5.41, 5.74) is 0.214. The number of hydrogen-bond acceptors (Lipinski definition) is 3. The Morgan fingerprint density at radius 2 is 2.04 bits per heavy atom. The van der Waals surface area contributed by atoms with Crippen LogP contribution in [0.3, 0.4) is 0 Å². The third-order valence-electron chi connectivity index (χ3n) is 2.95. The lowest BCUT2D eigenvalue weighted by Crippen LogP contribution is -2.34. The van der Waals surface area contributed by atoms with Gasteiger partial charge in [0.1, 0.15) is 17.7 Å². The summed E-state index contributed by atoms with van der Waals surface area (Å²) in [6.07, 6.45) is -3.24. The molecule has 1 atom stereocenters. The lowest BCUT2D eigenvalue weighted by atomic mass is 9.98. The van der Waals surface area contributed by atoms with Crippen molar-refractivity contribution in [2.45, 2.75) is 38.6 Å². The lowest BCUT2D eigenvalue weighted by Gasteiger charge is -2.19. The highest BCUT2D eigenvalue weighted by molar-refractivity contribution is 6.27. The molecule has 0 aliphatic heterocycles. The van der Waals surface area contributed by atoms with Gasteiger partial charge in [0.15, 0.2) is 5.78 Å². The monoisotopic (exact) mass is 351 g/mol. The number of carbonyl (C=O) groups is 2. The molecule has 1 amide bonds. The summed E-state index contributed by atoms with van der Waals surface area (Å²) in [6.45, 7) is 1.90. The lowest BCUT2D eigenvalue weighted by molar-refractivity contribution is -0.274. The maximum Gasteiger partial charge on any atom is 0.573 e. The number of ketones is 1. The highest BCUT2D eigenvalue weighted by atomic mass is 35.5. The molecule has 0 aromatic heterocycles. The number of ether oxygens (including phenoxy) is 1. The van der Waals surface area contributed by atoms with Gasteiger partial charge < -0.3 is 10.1 Å². The van der Waals surface area contributed by atoms with Gasteiger partial charge in [0.25, 0.3) is 0 Å². The molecule has 0 radical (unpaired) electrons. The Morgan fingerprint density at radius 3 is 2.61 bits per heavy atom. The molecule has 0 aliphatic carbocycles. The average molecular weight is 352 g/mol. The smallest absolute Gasteiger partial charge is 0.406 e. The van der Waals surface area contributed by atoms with E-state index in [1.165, 1.54) is 12.1 Å². The van der Waals surface area contributed by atoms with E-state index >= 15 is 0 Å². The summed E-state index contributed by atoms with van der Waals surface area (Å²) in [6, 6.07) is 3.92. The van der Waals surface area contributed by atoms with E-state index in [1.807, 2.05) is 6.92 Å². The topological polar surface area (TPSA) is 55.4 Å². The summed E-state index contributed by atoms with van der Waals surface area (Å²) < 4.78 is 40.7. The molecule has 128 valence electrons. The largest absolute Gasteiger partial charge is 0.573 e. The highest BCUT2D eigenvalue weighted by Gasteiger charge is 2.31. The van der Waals surface area contributed by atoms with Crippen LogP contribution in [0.4, 0.5) is 13.2 Å². The van der Waals surface area contributed by atoms with Crippen molar-refractivity contribution in [2.75, 3.05) is 5.88 Å². The molecule has 0 saturated carbocycles. The number of halogens is 4. The van der Waals surface area contributed by atoms with Gasteiger partial charge in [-0.25, -0.2) is 0 Å². The number of unbranched alkanes of at least 4 members (excludes halogenated alkanes) is 1. The van der Waals surface area contributed by atoms with Crippen LogP contribution < -0.4 is 10.1 Å². The molecule has 0 heterocycles. The summed E-state index contributed by atoms with van der Waals surface area (Å²) >= 11 is 5.41. The number of hydrogen-bond donors (Lipinski definition) is 1. The SMILES string of the molecule is CCCCC(=O)C(NC(=O)CCl)c1cccc(OC(F)(F)F)c1. The Kier molecular flexibility index (Phi) is 7.35. The standard InChI is InChI=1S/C15H17ClF3NO3/c1-2-3-7-12(21)14(20-13(22)9-16)10-5-4-6-11(8-10)23-15(17,18)19/h4-6,8,14H,2-3,7,9H2,1H3,(H,20,22). The van der Waals surface area contributed by atoms with Crippen molar-refractivity contribution >= 4 is 23.3 Å². The minimum absolute atomic E-state index is 0.202. The van der Waals surface area contributed by atoms with Crippen LogP contribution in [0.5, 0.6) is 5.75 Å². The molecule has 1 rings (SSSR count). The minimum atomic E-state index is -4.83. The molecule has 8 heteroatoms. The van der Waals surface area contributed by atoms with Gasteiger partial charge in [-0.15, -0.1) is 24.8 Å². The summed E-state index contributed by atoms with van der Waals surface area (Å²) in [7, 11) is 0. The molecular weight excluding hydrogens is 335 g/mol. The summed E-state index contributed by atoms with van der Waals surface area (Å²) in [5.74, 6) is -1.68. The quantitative estimate of drug-likeness (QED) is 0.726. The molecule has 0 saturated heterocycles. The van der Waals surface area contributed by atoms with E-state index in [-0.39, 0.29) is 23.6 Å². The van der Waals surface area contributed by atoms with Gasteiger partial charge in [-0.1, -0.05) is 25.5 Å². The number of nitrogens with one attached hydrogen (secondary N) is 1. The van der Waals surface area contributed by atoms with Crippen molar-refractivity contribution in [3.05, 3.63) is 29.8 Å². The van der Waals surface area contributed by atoms with Crippen LogP contribution in [0, 0.1) is 0 Å². The van der Waals surface area contributed by atoms with Crippen LogP contribution in [-0.4, -0.2) is 23.9 Å². The van der Waals surface area contributed by atoms with Crippen LogP contribution in [0.2, 0.25) is 0 Å². The van der Waals surface area contributed by atoms with E-state index in [4.69, 9.17) is 11.6 Å². The predicted octanol–water partition coefficient (Wildman–Crippen LogP) is 3.74. The van der Waals surface area contributed by atoms with E-state index < -0.39 is 24.1 Å². The first-order valence-corrected chi connectivity index (χ1v) is 7.54. The van der Waals surface area contributed by atoms with Crippen molar-refractivity contribution in [1.29, 1.82) is 0 Å². The van der Waals surface area contributed by atoms with Crippen LogP contribution in [0.25, 0.3) is 0 Å². The zero-order valence-corrected chi connectivity index (χ0v) is 13.2. The fourth-order valence-corrected chi connectivity index (χ4v) is 2.01. The van der Waals surface area contributed by atoms with Gasteiger partial charge in [0, 0.05) is 6.42 Å². The molecule has 0 fully saturated rings. The maximum absolute atomic E-state index is 12.3. The Balaban J connectivity index is 3.03. The zero-order chi connectivity index (χ0) is 17.5. The van der Waals surface area contributed by atoms with Gasteiger partial charge in [0.05, 0.1) is 0 Å². The first kappa shape index (κ1) is 19.3. The third-order valence-corrected chi connectivity index (χ3v) is 3.19. The van der Waals surface area contributed by atoms with Crippen LogP contribution in [0.1, 0.15) is 37.8 Å². The van der Waals surface area contributed by atoms with E-state index in [0.29, 0.717) is 6.42 Å². The van der Waals surface area contributed by atoms with Gasteiger partial charge in [-0.3, -0.25) is 9.59 Å². The van der Waals surface area contributed by atoms with Gasteiger partial charge in [-0.2, -0.15) is 0 Å². The van der Waals surface area contributed by atoms with Gasteiger partial charge >= 0.3 is 6.36 Å². The van der Waals surface area contributed by atoms with Gasteiger partial charge in [-0.05, 0) is 24.1 Å². The molecule has 0 aliphatic rings. The Labute approximate surface area is 137 Å². The number of rotatable bonds is 8. The second-order valence-electron chi connectivity index (χ2n) is 4.82. The second kappa shape index (κ2) is 8.76. The van der Waals surface area contributed by atoms with Crippen molar-refractivity contribution in [2.24, 2.45) is 0 Å². The first-order valence-electron chi connectivity index (χ1n) is 7.00. The van der Waals surface area contributed by atoms with Crippen molar-refractivity contribution in [3.63, 3.8) is 0 Å². The molecule has 0 spiro atoms. The summed E-state index contributed by atoms with van der Waals surface area (Å²) in [4.78, 5) is 23.7. The van der Waals surface area contributed by atoms with Crippen molar-refractivity contribution < 1.29 is 27.5 Å². The Hall–Kier alpha value is -1.76. The number of benzene rings is 1. The first-order chi connectivity index (χ1) is 10.8. The van der Waals surface area contributed by atoms with Gasteiger partial charge in [0.2, 0.25) is 5.91 Å². The zero-order valence-electron chi connectivity index (χ0n) is 12.5. The molecule has 23 heavy (non-hydrogen) atoms. The normalized spacial score (nSPS) is 12.6. The van der Waals surface area contributed by atoms with Crippen molar-refractivity contribution in [3.8, 4) is 5.75 Å². The van der Waals surface area contributed by atoms with Crippen LogP contribution >= 0.6 is 11.6 Å². The fraction of sp³-hybridized carbons (Fsp3) is 0.467. The van der Waals surface area contributed by atoms with E-state index in [1.54, 1.807) is 0 Å². The van der Waals surface area contributed by atoms with Crippen LogP contribution in [-0.2, 0) is 9.59 Å². The van der Waals surface area contributed by atoms with E-state index in [0.717, 1.165) is 18.6 Å².